The van der Waals surface area contributed by atoms with Crippen LogP contribution in [0.1, 0.15) is 31.4 Å². The fourth-order valence-corrected chi connectivity index (χ4v) is 3.12. The van der Waals surface area contributed by atoms with Crippen LogP contribution in [0.15, 0.2) is 81.9 Å². The number of nitrogens with zero attached hydrogens (tertiary/aromatic N) is 1. The number of fused-ring (bicyclic) bond motifs is 1. The van der Waals surface area contributed by atoms with Gasteiger partial charge in [-0.2, -0.15) is 0 Å². The summed E-state index contributed by atoms with van der Waals surface area (Å²) >= 11 is 3.14. The van der Waals surface area contributed by atoms with Crippen molar-refractivity contribution in [2.24, 2.45) is 0 Å². The van der Waals surface area contributed by atoms with Gasteiger partial charge in [0.1, 0.15) is 5.69 Å². The Bertz CT molecular complexity index is 1300. The van der Waals surface area contributed by atoms with Gasteiger partial charge in [-0.05, 0) is 58.4 Å². The number of hydrogen-bond donors (Lipinski definition) is 3. The predicted molar refractivity (Wildman–Crippen MR) is 117 cm³/mol. The van der Waals surface area contributed by atoms with E-state index < -0.39 is 17.7 Å². The highest BCUT2D eigenvalue weighted by atomic mass is 79.9. The molecular formula is C22H15BrN4O4. The average Bonchev–Trinajstić information content (AvgIpc) is 3.23. The van der Waals surface area contributed by atoms with Crippen LogP contribution in [0.25, 0.3) is 10.9 Å². The van der Waals surface area contributed by atoms with Crippen LogP contribution in [0, 0.1) is 0 Å². The molecule has 0 spiro atoms. The van der Waals surface area contributed by atoms with Gasteiger partial charge in [0, 0.05) is 16.6 Å². The molecule has 3 N–H and O–H groups in total. The number of carbonyl (C=O) groups excluding carboxylic acids is 3. The lowest BCUT2D eigenvalue weighted by atomic mass is 10.2. The van der Waals surface area contributed by atoms with E-state index in [1.165, 1.54) is 12.1 Å². The number of benzene rings is 2. The third-order valence-electron chi connectivity index (χ3n) is 4.30. The molecule has 3 amide bonds. The Morgan fingerprint density at radius 2 is 1.61 bits per heavy atom. The minimum absolute atomic E-state index is 0.122. The molecule has 31 heavy (non-hydrogen) atoms. The first-order chi connectivity index (χ1) is 15.0. The highest BCUT2D eigenvalue weighted by Crippen LogP contribution is 2.17. The molecule has 9 heteroatoms. The summed E-state index contributed by atoms with van der Waals surface area (Å²) in [5.41, 5.74) is 6.17. The van der Waals surface area contributed by atoms with E-state index in [1.54, 1.807) is 42.5 Å². The van der Waals surface area contributed by atoms with E-state index in [2.05, 4.69) is 37.1 Å². The lowest BCUT2D eigenvalue weighted by Crippen LogP contribution is -2.42. The van der Waals surface area contributed by atoms with Crippen molar-refractivity contribution in [3.63, 3.8) is 0 Å². The van der Waals surface area contributed by atoms with Crippen molar-refractivity contribution >= 4 is 50.2 Å². The van der Waals surface area contributed by atoms with E-state index in [-0.39, 0.29) is 17.0 Å². The Kier molecular flexibility index (Phi) is 5.76. The third kappa shape index (κ3) is 4.78. The maximum Gasteiger partial charge on any atom is 0.291 e. The molecule has 4 rings (SSSR count). The highest BCUT2D eigenvalue weighted by Gasteiger charge is 2.14. The van der Waals surface area contributed by atoms with E-state index in [0.29, 0.717) is 15.9 Å². The van der Waals surface area contributed by atoms with Crippen molar-refractivity contribution in [3.05, 3.63) is 94.5 Å². The molecule has 2 aromatic carbocycles. The van der Waals surface area contributed by atoms with Crippen molar-refractivity contribution in [2.75, 3.05) is 5.32 Å². The van der Waals surface area contributed by atoms with Gasteiger partial charge in [-0.1, -0.05) is 30.3 Å². The van der Waals surface area contributed by atoms with Crippen molar-refractivity contribution in [3.8, 4) is 0 Å². The van der Waals surface area contributed by atoms with Gasteiger partial charge in [0.15, 0.2) is 10.4 Å². The highest BCUT2D eigenvalue weighted by molar-refractivity contribution is 9.10. The summed E-state index contributed by atoms with van der Waals surface area (Å²) in [4.78, 5) is 41.2. The molecule has 0 aliphatic heterocycles. The number of para-hydroxylation sites is 1. The summed E-state index contributed by atoms with van der Waals surface area (Å²) in [5.74, 6) is -1.44. The van der Waals surface area contributed by atoms with E-state index in [0.717, 1.165) is 5.39 Å². The first kappa shape index (κ1) is 20.3. The van der Waals surface area contributed by atoms with Gasteiger partial charge in [-0.3, -0.25) is 25.2 Å². The average molecular weight is 479 g/mol. The lowest BCUT2D eigenvalue weighted by Gasteiger charge is -2.09. The van der Waals surface area contributed by atoms with Crippen LogP contribution in [0.5, 0.6) is 0 Å². The zero-order valence-corrected chi connectivity index (χ0v) is 17.5. The van der Waals surface area contributed by atoms with E-state index >= 15 is 0 Å². The third-order valence-corrected chi connectivity index (χ3v) is 4.73. The monoisotopic (exact) mass is 478 g/mol. The fourth-order valence-electron chi connectivity index (χ4n) is 2.81. The second-order valence-electron chi connectivity index (χ2n) is 6.44. The molecular weight excluding hydrogens is 464 g/mol. The molecule has 0 aliphatic carbocycles. The van der Waals surface area contributed by atoms with E-state index in [4.69, 9.17) is 4.42 Å². The maximum absolute atomic E-state index is 12.4. The first-order valence-electron chi connectivity index (χ1n) is 9.13. The number of hydrazine groups is 1. The summed E-state index contributed by atoms with van der Waals surface area (Å²) in [6, 6.07) is 20.1. The van der Waals surface area contributed by atoms with Crippen molar-refractivity contribution in [2.45, 2.75) is 0 Å². The normalized spacial score (nSPS) is 10.5. The number of amides is 3. The largest absolute Gasteiger partial charge is 0.444 e. The van der Waals surface area contributed by atoms with Crippen molar-refractivity contribution < 1.29 is 18.8 Å². The molecule has 8 nitrogen and oxygen atoms in total. The molecule has 0 unspecified atom stereocenters. The summed E-state index contributed by atoms with van der Waals surface area (Å²) in [6.07, 6.45) is 0. The molecule has 0 radical (unpaired) electrons. The summed E-state index contributed by atoms with van der Waals surface area (Å²) in [7, 11) is 0. The standard InChI is InChI=1S/C22H15BrN4O4/c23-19-11-10-18(31-19)22(30)24-15-6-3-5-14(12-15)20(28)26-27-21(29)17-9-8-13-4-1-2-7-16(13)25-17/h1-12H,(H,24,30)(H,26,28)(H,27,29). The molecule has 0 aliphatic rings. The Hall–Kier alpha value is -3.98. The van der Waals surface area contributed by atoms with Gasteiger partial charge < -0.3 is 9.73 Å². The van der Waals surface area contributed by atoms with Crippen LogP contribution in [0.3, 0.4) is 0 Å². The van der Waals surface area contributed by atoms with Crippen LogP contribution < -0.4 is 16.2 Å². The zero-order valence-electron chi connectivity index (χ0n) is 15.9. The number of carbonyl (C=O) groups is 3. The van der Waals surface area contributed by atoms with Gasteiger partial charge in [-0.15, -0.1) is 0 Å². The van der Waals surface area contributed by atoms with Crippen molar-refractivity contribution in [1.29, 1.82) is 0 Å². The number of rotatable bonds is 4. The lowest BCUT2D eigenvalue weighted by molar-refractivity contribution is 0.0844. The predicted octanol–water partition coefficient (Wildman–Crippen LogP) is 3.92. The van der Waals surface area contributed by atoms with Gasteiger partial charge >= 0.3 is 0 Å². The molecule has 154 valence electrons. The topological polar surface area (TPSA) is 113 Å². The number of hydrogen-bond acceptors (Lipinski definition) is 5. The summed E-state index contributed by atoms with van der Waals surface area (Å²) in [6.45, 7) is 0. The number of nitrogens with one attached hydrogen (secondary N) is 3. The SMILES string of the molecule is O=C(NNC(=O)c1ccc2ccccc2n1)c1cccc(NC(=O)c2ccc(Br)o2)c1. The van der Waals surface area contributed by atoms with Crippen LogP contribution in [0.2, 0.25) is 0 Å². The molecule has 0 saturated carbocycles. The smallest absolute Gasteiger partial charge is 0.291 e. The molecule has 0 atom stereocenters. The van der Waals surface area contributed by atoms with Crippen LogP contribution in [0.4, 0.5) is 5.69 Å². The molecule has 2 aromatic heterocycles. The minimum atomic E-state index is -0.550. The summed E-state index contributed by atoms with van der Waals surface area (Å²) in [5, 5.41) is 3.55. The van der Waals surface area contributed by atoms with Gasteiger partial charge in [0.2, 0.25) is 0 Å². The Morgan fingerprint density at radius 3 is 2.42 bits per heavy atom. The number of anilines is 1. The van der Waals surface area contributed by atoms with Gasteiger partial charge in [0.05, 0.1) is 5.52 Å². The number of pyridine rings is 1. The molecule has 0 bridgehead atoms. The van der Waals surface area contributed by atoms with Gasteiger partial charge in [0.25, 0.3) is 17.7 Å². The molecule has 2 heterocycles. The number of furan rings is 1. The Morgan fingerprint density at radius 1 is 0.806 bits per heavy atom. The van der Waals surface area contributed by atoms with Crippen molar-refractivity contribution in [1.82, 2.24) is 15.8 Å². The number of halogens is 1. The zero-order chi connectivity index (χ0) is 21.8. The summed E-state index contributed by atoms with van der Waals surface area (Å²) < 4.78 is 5.63. The number of aromatic nitrogens is 1. The maximum atomic E-state index is 12.4. The van der Waals surface area contributed by atoms with E-state index in [9.17, 15) is 14.4 Å². The second kappa shape index (κ2) is 8.80. The fraction of sp³-hybridized carbons (Fsp3) is 0. The van der Waals surface area contributed by atoms with E-state index in [1.807, 2.05) is 18.2 Å². The second-order valence-corrected chi connectivity index (χ2v) is 7.22. The molecule has 4 aromatic rings. The van der Waals surface area contributed by atoms with Crippen LogP contribution in [-0.2, 0) is 0 Å². The van der Waals surface area contributed by atoms with Crippen LogP contribution in [-0.4, -0.2) is 22.7 Å². The van der Waals surface area contributed by atoms with Crippen LogP contribution >= 0.6 is 15.9 Å². The quantitative estimate of drug-likeness (QED) is 0.384. The van der Waals surface area contributed by atoms with Gasteiger partial charge in [-0.25, -0.2) is 4.98 Å². The Labute approximate surface area is 184 Å². The Balaban J connectivity index is 1.39. The molecule has 0 fully saturated rings. The molecule has 0 saturated heterocycles. The first-order valence-corrected chi connectivity index (χ1v) is 9.92. The minimum Gasteiger partial charge on any atom is -0.444 e.